The highest BCUT2D eigenvalue weighted by Gasteiger charge is 2.23. The van der Waals surface area contributed by atoms with Gasteiger partial charge < -0.3 is 10.6 Å². The second-order valence-corrected chi connectivity index (χ2v) is 11.5. The van der Waals surface area contributed by atoms with Gasteiger partial charge >= 0.3 is 0 Å². The molecule has 0 aliphatic heterocycles. The van der Waals surface area contributed by atoms with Gasteiger partial charge in [0, 0.05) is 17.3 Å². The fourth-order valence-corrected chi connectivity index (χ4v) is 5.15. The molecule has 0 aliphatic carbocycles. The quantitative estimate of drug-likeness (QED) is 0.195. The molecule has 0 fully saturated rings. The molecule has 8 nitrogen and oxygen atoms in total. The SMILES string of the molecule is CC[C@@H](Nc1c(C#N)cnc2c(Cl)cc(NC(c3cccc(C#N)c3)c3cn(C(C)(C)C)nn3)cc12)c1ccccc1. The Bertz CT molecular complexity index is 1810. The summed E-state index contributed by atoms with van der Waals surface area (Å²) in [5.41, 5.74) is 5.34. The first-order valence-corrected chi connectivity index (χ1v) is 14.1. The molecule has 5 rings (SSSR count). The summed E-state index contributed by atoms with van der Waals surface area (Å²) in [6, 6.07) is 25.4. The van der Waals surface area contributed by atoms with Gasteiger partial charge in [0.2, 0.25) is 0 Å². The van der Waals surface area contributed by atoms with Crippen molar-refractivity contribution in [2.45, 2.75) is 51.7 Å². The highest BCUT2D eigenvalue weighted by atomic mass is 35.5. The van der Waals surface area contributed by atoms with E-state index in [2.05, 4.69) is 77.9 Å². The minimum atomic E-state index is -0.431. The fourth-order valence-electron chi connectivity index (χ4n) is 4.88. The van der Waals surface area contributed by atoms with Crippen LogP contribution in [0.3, 0.4) is 0 Å². The predicted molar refractivity (Wildman–Crippen MR) is 166 cm³/mol. The van der Waals surface area contributed by atoms with Crippen molar-refractivity contribution in [3.8, 4) is 12.1 Å². The first-order valence-electron chi connectivity index (χ1n) is 13.7. The molecule has 42 heavy (non-hydrogen) atoms. The summed E-state index contributed by atoms with van der Waals surface area (Å²) in [5, 5.41) is 36.8. The largest absolute Gasteiger partial charge is 0.377 e. The summed E-state index contributed by atoms with van der Waals surface area (Å²) >= 11 is 6.82. The third kappa shape index (κ3) is 5.90. The fraction of sp³-hybridized carbons (Fsp3) is 0.242. The van der Waals surface area contributed by atoms with E-state index in [0.29, 0.717) is 38.7 Å². The highest BCUT2D eigenvalue weighted by Crippen LogP contribution is 2.37. The molecular weight excluding hydrogens is 544 g/mol. The number of hydrogen-bond donors (Lipinski definition) is 2. The molecule has 0 saturated carbocycles. The maximum Gasteiger partial charge on any atom is 0.109 e. The average Bonchev–Trinajstić information content (AvgIpc) is 3.50. The lowest BCUT2D eigenvalue weighted by atomic mass is 10.0. The summed E-state index contributed by atoms with van der Waals surface area (Å²) in [6.07, 6.45) is 4.28. The van der Waals surface area contributed by atoms with E-state index in [0.717, 1.165) is 22.9 Å². The molecule has 9 heteroatoms. The topological polar surface area (TPSA) is 115 Å². The molecule has 0 spiro atoms. The van der Waals surface area contributed by atoms with Gasteiger partial charge in [0.25, 0.3) is 0 Å². The van der Waals surface area contributed by atoms with Gasteiger partial charge in [-0.05, 0) is 62.6 Å². The van der Waals surface area contributed by atoms with Crippen LogP contribution in [0.1, 0.15) is 74.1 Å². The lowest BCUT2D eigenvalue weighted by molar-refractivity contribution is 0.347. The van der Waals surface area contributed by atoms with Crippen molar-refractivity contribution < 1.29 is 0 Å². The van der Waals surface area contributed by atoms with Crippen molar-refractivity contribution in [2.75, 3.05) is 10.6 Å². The molecule has 2 atom stereocenters. The molecule has 0 aliphatic rings. The van der Waals surface area contributed by atoms with Crippen molar-refractivity contribution in [1.82, 2.24) is 20.0 Å². The molecule has 0 saturated heterocycles. The van der Waals surface area contributed by atoms with Gasteiger partial charge in [-0.2, -0.15) is 10.5 Å². The third-order valence-electron chi connectivity index (χ3n) is 7.13. The number of pyridine rings is 1. The summed E-state index contributed by atoms with van der Waals surface area (Å²) in [5.74, 6) is 0. The minimum absolute atomic E-state index is 0.0202. The standard InChI is InChI=1S/C33H31ClN8/c1-5-28(22-11-7-6-8-12-22)39-30-24(18-36)19-37-32-26(30)15-25(16-27(32)34)38-31(23-13-9-10-21(14-23)17-35)29-20-42(41-40-29)33(2,3)4/h6-16,19-20,28,31,38H,5H2,1-4H3,(H,37,39)/t28-,31?/m1/s1. The Morgan fingerprint density at radius 2 is 1.71 bits per heavy atom. The third-order valence-corrected chi connectivity index (χ3v) is 7.42. The number of anilines is 2. The first kappa shape index (κ1) is 28.6. The van der Waals surface area contributed by atoms with Crippen LogP contribution < -0.4 is 10.6 Å². The normalized spacial score (nSPS) is 12.7. The van der Waals surface area contributed by atoms with E-state index in [4.69, 9.17) is 11.6 Å². The number of halogens is 1. The molecule has 2 aromatic heterocycles. The molecule has 0 bridgehead atoms. The summed E-state index contributed by atoms with van der Waals surface area (Å²) < 4.78 is 1.82. The van der Waals surface area contributed by atoms with E-state index in [1.54, 1.807) is 12.3 Å². The molecule has 5 aromatic rings. The molecule has 3 aromatic carbocycles. The van der Waals surface area contributed by atoms with Gasteiger partial charge in [-0.15, -0.1) is 5.10 Å². The van der Waals surface area contributed by atoms with Gasteiger partial charge in [-0.1, -0.05) is 66.2 Å². The maximum atomic E-state index is 10.0. The average molecular weight is 575 g/mol. The monoisotopic (exact) mass is 574 g/mol. The number of nitrogens with zero attached hydrogens (tertiary/aromatic N) is 6. The van der Waals surface area contributed by atoms with Crippen molar-refractivity contribution in [1.29, 1.82) is 10.5 Å². The van der Waals surface area contributed by atoms with Crippen molar-refractivity contribution in [3.05, 3.63) is 112 Å². The summed E-state index contributed by atoms with van der Waals surface area (Å²) in [6.45, 7) is 8.27. The molecule has 1 unspecified atom stereocenters. The molecule has 0 amide bonds. The van der Waals surface area contributed by atoms with Gasteiger partial charge in [0.1, 0.15) is 11.8 Å². The van der Waals surface area contributed by atoms with E-state index < -0.39 is 6.04 Å². The second-order valence-electron chi connectivity index (χ2n) is 11.1. The minimum Gasteiger partial charge on any atom is -0.377 e. The molecule has 2 heterocycles. The number of aromatic nitrogens is 4. The van der Waals surface area contributed by atoms with Crippen LogP contribution in [0, 0.1) is 22.7 Å². The predicted octanol–water partition coefficient (Wildman–Crippen LogP) is 7.74. The lowest BCUT2D eigenvalue weighted by Crippen LogP contribution is -2.22. The van der Waals surface area contributed by atoms with Crippen LogP contribution in [-0.4, -0.2) is 20.0 Å². The molecular formula is C33H31ClN8. The number of nitriles is 2. The zero-order chi connectivity index (χ0) is 29.9. The highest BCUT2D eigenvalue weighted by molar-refractivity contribution is 6.35. The Hall–Kier alpha value is -4.92. The second kappa shape index (κ2) is 11.9. The van der Waals surface area contributed by atoms with Crippen LogP contribution in [0.2, 0.25) is 5.02 Å². The maximum absolute atomic E-state index is 10.0. The number of fused-ring (bicyclic) bond motifs is 1. The summed E-state index contributed by atoms with van der Waals surface area (Å²) in [7, 11) is 0. The van der Waals surface area contributed by atoms with Gasteiger partial charge in [-0.25, -0.2) is 4.68 Å². The number of hydrogen-bond acceptors (Lipinski definition) is 7. The van der Waals surface area contributed by atoms with E-state index in [9.17, 15) is 10.5 Å². The number of rotatable bonds is 8. The van der Waals surface area contributed by atoms with Crippen LogP contribution >= 0.6 is 11.6 Å². The van der Waals surface area contributed by atoms with Crippen molar-refractivity contribution >= 4 is 33.9 Å². The number of benzene rings is 3. The van der Waals surface area contributed by atoms with Gasteiger partial charge in [0.05, 0.1) is 57.2 Å². The Morgan fingerprint density at radius 3 is 2.38 bits per heavy atom. The first-order chi connectivity index (χ1) is 20.2. The molecule has 2 N–H and O–H groups in total. The Balaban J connectivity index is 1.62. The zero-order valence-electron chi connectivity index (χ0n) is 23.9. The van der Waals surface area contributed by atoms with E-state index in [1.807, 2.05) is 59.4 Å². The lowest BCUT2D eigenvalue weighted by Gasteiger charge is -2.23. The Morgan fingerprint density at radius 1 is 0.952 bits per heavy atom. The Kier molecular flexibility index (Phi) is 8.10. The van der Waals surface area contributed by atoms with Crippen LogP contribution in [0.5, 0.6) is 0 Å². The van der Waals surface area contributed by atoms with Crippen LogP contribution in [0.25, 0.3) is 10.9 Å². The van der Waals surface area contributed by atoms with Crippen LogP contribution in [0.4, 0.5) is 11.4 Å². The zero-order valence-corrected chi connectivity index (χ0v) is 24.7. The van der Waals surface area contributed by atoms with Crippen LogP contribution in [0.15, 0.2) is 79.1 Å². The van der Waals surface area contributed by atoms with Crippen LogP contribution in [-0.2, 0) is 5.54 Å². The van der Waals surface area contributed by atoms with Gasteiger partial charge in [-0.3, -0.25) is 4.98 Å². The van der Waals surface area contributed by atoms with Gasteiger partial charge in [0.15, 0.2) is 0 Å². The van der Waals surface area contributed by atoms with E-state index in [-0.39, 0.29) is 11.6 Å². The summed E-state index contributed by atoms with van der Waals surface area (Å²) in [4.78, 5) is 4.52. The molecule has 0 radical (unpaired) electrons. The number of nitrogens with one attached hydrogen (secondary N) is 2. The Labute approximate surface area is 250 Å². The van der Waals surface area contributed by atoms with Crippen molar-refractivity contribution in [3.63, 3.8) is 0 Å². The van der Waals surface area contributed by atoms with Crippen molar-refractivity contribution in [2.24, 2.45) is 0 Å². The smallest absolute Gasteiger partial charge is 0.109 e. The van der Waals surface area contributed by atoms with E-state index in [1.165, 1.54) is 0 Å². The van der Waals surface area contributed by atoms with E-state index >= 15 is 0 Å². The molecule has 210 valence electrons.